The summed E-state index contributed by atoms with van der Waals surface area (Å²) in [4.78, 5) is 83.2. The van der Waals surface area contributed by atoms with Crippen molar-refractivity contribution in [1.82, 2.24) is 5.32 Å². The van der Waals surface area contributed by atoms with E-state index >= 15 is 4.79 Å². The van der Waals surface area contributed by atoms with Crippen LogP contribution in [-0.2, 0) is 52.4 Å². The quantitative estimate of drug-likeness (QED) is 0.153. The molecule has 2 saturated heterocycles. The third-order valence-corrected chi connectivity index (χ3v) is 13.7. The van der Waals surface area contributed by atoms with Crippen LogP contribution < -0.4 is 5.32 Å². The molecule has 2 saturated carbocycles. The van der Waals surface area contributed by atoms with Crippen LogP contribution in [0.3, 0.4) is 0 Å². The first-order valence-electron chi connectivity index (χ1n) is 20.5. The summed E-state index contributed by atoms with van der Waals surface area (Å²) < 4.78 is 35.8. The van der Waals surface area contributed by atoms with Gasteiger partial charge in [-0.2, -0.15) is 0 Å². The molecule has 4 N–H and O–H groups in total. The van der Waals surface area contributed by atoms with E-state index in [1.54, 1.807) is 62.4 Å². The lowest BCUT2D eigenvalue weighted by Gasteiger charge is -2.67. The van der Waals surface area contributed by atoms with Crippen LogP contribution in [0.4, 0.5) is 0 Å². The van der Waals surface area contributed by atoms with E-state index in [9.17, 15) is 39.3 Å². The topological polar surface area (TPSA) is 231 Å². The molecule has 5 aliphatic rings. The van der Waals surface area contributed by atoms with Gasteiger partial charge in [0, 0.05) is 38.7 Å². The molecule has 1 amide bonds. The fraction of sp³-hybridized carbons (Fsp3) is 0.556. The second-order valence-electron chi connectivity index (χ2n) is 17.5. The molecule has 2 heterocycles. The fourth-order valence-electron chi connectivity index (χ4n) is 10.4. The second kappa shape index (κ2) is 16.4. The van der Waals surface area contributed by atoms with Gasteiger partial charge in [-0.1, -0.05) is 62.4 Å². The van der Waals surface area contributed by atoms with Crippen molar-refractivity contribution in [3.63, 3.8) is 0 Å². The van der Waals surface area contributed by atoms with Crippen molar-refractivity contribution >= 4 is 35.6 Å². The van der Waals surface area contributed by atoms with E-state index in [1.165, 1.54) is 26.0 Å². The largest absolute Gasteiger partial charge is 0.456 e. The van der Waals surface area contributed by atoms with Crippen molar-refractivity contribution in [2.24, 2.45) is 16.7 Å². The highest BCUT2D eigenvalue weighted by Gasteiger charge is 2.78. The summed E-state index contributed by atoms with van der Waals surface area (Å²) >= 11 is 0. The Balaban J connectivity index is 1.38. The molecule has 2 aromatic carbocycles. The fourth-order valence-corrected chi connectivity index (χ4v) is 10.4. The van der Waals surface area contributed by atoms with Gasteiger partial charge in [0.25, 0.3) is 0 Å². The molecule has 2 bridgehead atoms. The number of hydrogen-bond acceptors (Lipinski definition) is 15. The number of carbonyl (C=O) groups excluding carboxylic acids is 6. The minimum Gasteiger partial charge on any atom is -0.456 e. The van der Waals surface area contributed by atoms with Crippen LogP contribution in [0, 0.1) is 16.7 Å². The van der Waals surface area contributed by atoms with Crippen molar-refractivity contribution in [2.45, 2.75) is 127 Å². The number of aliphatic hydroxyl groups excluding tert-OH is 2. The molecule has 16 nitrogen and oxygen atoms in total. The van der Waals surface area contributed by atoms with Gasteiger partial charge >= 0.3 is 23.9 Å². The first-order chi connectivity index (χ1) is 28.8. The molecule has 2 aromatic rings. The molecule has 61 heavy (non-hydrogen) atoms. The molecular weight excluding hydrogens is 794 g/mol. The number of Topliss-reactive ketones (excluding diaryl/α,β-unsaturated/α-hetero) is 1. The van der Waals surface area contributed by atoms with Crippen LogP contribution in [0.1, 0.15) is 89.2 Å². The zero-order chi connectivity index (χ0) is 44.2. The Morgan fingerprint density at radius 1 is 0.902 bits per heavy atom. The Morgan fingerprint density at radius 3 is 2.13 bits per heavy atom. The lowest BCUT2D eigenvalue weighted by Crippen LogP contribution is -2.82. The summed E-state index contributed by atoms with van der Waals surface area (Å²) in [6.45, 7) is 8.36. The van der Waals surface area contributed by atoms with Gasteiger partial charge in [0.1, 0.15) is 30.0 Å². The van der Waals surface area contributed by atoms with E-state index in [0.29, 0.717) is 25.0 Å². The third kappa shape index (κ3) is 7.35. The summed E-state index contributed by atoms with van der Waals surface area (Å²) in [5.41, 5.74) is -7.23. The van der Waals surface area contributed by atoms with Crippen molar-refractivity contribution in [3.8, 4) is 0 Å². The van der Waals surface area contributed by atoms with E-state index in [1.807, 2.05) is 0 Å². The molecule has 0 radical (unpaired) electrons. The number of nitrogens with one attached hydrogen (secondary N) is 1. The molecule has 0 spiro atoms. The van der Waals surface area contributed by atoms with Gasteiger partial charge in [-0.05, 0) is 55.5 Å². The molecule has 328 valence electrons. The average Bonchev–Trinajstić information content (AvgIpc) is 3.77. The standard InChI is InChI=1S/C45H53NO15/c1-23-29(59-41(54)34(50)33(26-14-9-7-10-15-26)46-39(52)28-18-13-19-56-28)21-45(55)38(60-40(53)27-16-11-8-12-17-27)36-43(6,30(49)20-31-44(36,22-57-31)61-25(3)48)37(51)35(58-24(2)47)32(23)42(45,4)5/h7-12,14-17,28-31,33-36,38,49-50,55H,13,18-22H2,1-6H3,(H,46,52)/t28?,29-,30+,31-,33+,34-,35-,36-,38-,43-,44?,45-/m1/s1. The van der Waals surface area contributed by atoms with Crippen LogP contribution in [0.2, 0.25) is 0 Å². The lowest BCUT2D eigenvalue weighted by molar-refractivity contribution is -0.346. The van der Waals surface area contributed by atoms with Gasteiger partial charge < -0.3 is 49.1 Å². The van der Waals surface area contributed by atoms with Gasteiger partial charge in [0.2, 0.25) is 5.91 Å². The minimum atomic E-state index is -2.38. The van der Waals surface area contributed by atoms with Gasteiger partial charge in [0.05, 0.1) is 35.6 Å². The minimum absolute atomic E-state index is 0.00110. The highest BCUT2D eigenvalue weighted by Crippen LogP contribution is 2.64. The van der Waals surface area contributed by atoms with Crippen LogP contribution in [0.15, 0.2) is 71.8 Å². The SMILES string of the molecule is CC(=O)O[C@H]1C(=O)[C@]2(C)[C@@H](O)C[C@H]3OCC3(OC(C)=O)[C@@H]2[C@@H](OC(=O)c2ccccc2)[C@]2(O)C[C@@H](OC(=O)[C@H](O)[C@@H](NC(=O)C3CCCO3)c3ccccc3)C(C)=C1C2(C)C. The monoisotopic (exact) mass is 847 g/mol. The highest BCUT2D eigenvalue weighted by molar-refractivity contribution is 5.95. The number of hydrogen-bond donors (Lipinski definition) is 4. The van der Waals surface area contributed by atoms with E-state index in [2.05, 4.69) is 5.32 Å². The summed E-state index contributed by atoms with van der Waals surface area (Å²) in [6.07, 6.45) is -10.2. The average molecular weight is 848 g/mol. The summed E-state index contributed by atoms with van der Waals surface area (Å²) in [5.74, 6) is -6.77. The second-order valence-corrected chi connectivity index (χ2v) is 17.5. The number of benzene rings is 2. The van der Waals surface area contributed by atoms with Crippen molar-refractivity contribution in [1.29, 1.82) is 0 Å². The van der Waals surface area contributed by atoms with E-state index in [4.69, 9.17) is 28.4 Å². The van der Waals surface area contributed by atoms with Gasteiger partial charge in [-0.3, -0.25) is 19.2 Å². The van der Waals surface area contributed by atoms with Gasteiger partial charge in [-0.25, -0.2) is 9.59 Å². The van der Waals surface area contributed by atoms with Crippen molar-refractivity contribution < 1.29 is 72.5 Å². The van der Waals surface area contributed by atoms with E-state index in [0.717, 1.165) is 13.8 Å². The van der Waals surface area contributed by atoms with Gasteiger partial charge in [-0.15, -0.1) is 0 Å². The highest BCUT2D eigenvalue weighted by atomic mass is 16.6. The Labute approximate surface area is 352 Å². The maximum Gasteiger partial charge on any atom is 0.338 e. The molecule has 16 heteroatoms. The van der Waals surface area contributed by atoms with Crippen LogP contribution in [-0.4, -0.2) is 118 Å². The number of amides is 1. The first kappa shape index (κ1) is 44.1. The zero-order valence-corrected chi connectivity index (χ0v) is 35.0. The third-order valence-electron chi connectivity index (χ3n) is 13.7. The summed E-state index contributed by atoms with van der Waals surface area (Å²) in [7, 11) is 0. The normalized spacial score (nSPS) is 34.8. The van der Waals surface area contributed by atoms with Crippen LogP contribution >= 0.6 is 0 Å². The summed E-state index contributed by atoms with van der Waals surface area (Å²) in [6, 6.07) is 14.8. The Morgan fingerprint density at radius 2 is 1.56 bits per heavy atom. The summed E-state index contributed by atoms with van der Waals surface area (Å²) in [5, 5.41) is 40.2. The van der Waals surface area contributed by atoms with Crippen LogP contribution in [0.5, 0.6) is 0 Å². The molecule has 2 unspecified atom stereocenters. The van der Waals surface area contributed by atoms with Crippen molar-refractivity contribution in [3.05, 3.63) is 82.9 Å². The number of ether oxygens (including phenoxy) is 6. The Kier molecular flexibility index (Phi) is 11.8. The maximum absolute atomic E-state index is 15.5. The number of fused-ring (bicyclic) bond motifs is 5. The zero-order valence-electron chi connectivity index (χ0n) is 35.0. The number of carbonyl (C=O) groups is 6. The molecule has 12 atom stereocenters. The number of rotatable bonds is 10. The maximum atomic E-state index is 15.5. The molecule has 7 rings (SSSR count). The number of aliphatic hydroxyl groups is 3. The predicted molar refractivity (Wildman–Crippen MR) is 211 cm³/mol. The van der Waals surface area contributed by atoms with Crippen molar-refractivity contribution in [2.75, 3.05) is 13.2 Å². The van der Waals surface area contributed by atoms with E-state index < -0.39 is 119 Å². The number of ketones is 1. The molecule has 2 aliphatic heterocycles. The molecule has 3 aliphatic carbocycles. The predicted octanol–water partition coefficient (Wildman–Crippen LogP) is 2.60. The lowest BCUT2D eigenvalue weighted by atomic mass is 9.44. The Hall–Kier alpha value is -5.00. The smallest absolute Gasteiger partial charge is 0.338 e. The molecule has 4 fully saturated rings. The molecular formula is C45H53NO15. The Bertz CT molecular complexity index is 2100. The van der Waals surface area contributed by atoms with Crippen LogP contribution in [0.25, 0.3) is 0 Å². The molecule has 0 aromatic heterocycles. The van der Waals surface area contributed by atoms with E-state index in [-0.39, 0.29) is 29.7 Å². The number of esters is 4. The van der Waals surface area contributed by atoms with Gasteiger partial charge in [0.15, 0.2) is 23.6 Å². The first-order valence-corrected chi connectivity index (χ1v) is 20.5.